The van der Waals surface area contributed by atoms with E-state index in [1.807, 2.05) is 26.0 Å². The van der Waals surface area contributed by atoms with E-state index in [0.717, 1.165) is 37.6 Å². The highest BCUT2D eigenvalue weighted by Gasteiger charge is 2.12. The summed E-state index contributed by atoms with van der Waals surface area (Å²) < 4.78 is 11.2. The molecule has 0 saturated carbocycles. The smallest absolute Gasteiger partial charge is 0.213 e. The fourth-order valence-corrected chi connectivity index (χ4v) is 2.44. The first-order valence-electron chi connectivity index (χ1n) is 9.32. The van der Waals surface area contributed by atoms with Crippen molar-refractivity contribution in [1.82, 2.24) is 15.6 Å². The molecule has 2 N–H and O–H groups in total. The Morgan fingerprint density at radius 3 is 2.64 bits per heavy atom. The summed E-state index contributed by atoms with van der Waals surface area (Å²) in [6, 6.07) is 3.89. The van der Waals surface area contributed by atoms with E-state index in [2.05, 4.69) is 41.4 Å². The number of aliphatic imine (C=N–C) groups is 1. The van der Waals surface area contributed by atoms with E-state index < -0.39 is 0 Å². The minimum absolute atomic E-state index is 0.273. The second kappa shape index (κ2) is 12.5. The van der Waals surface area contributed by atoms with Crippen LogP contribution in [0.25, 0.3) is 0 Å². The summed E-state index contributed by atoms with van der Waals surface area (Å²) in [5, 5.41) is 6.67. The number of hydrogen-bond donors (Lipinski definition) is 2. The van der Waals surface area contributed by atoms with Crippen LogP contribution in [0.2, 0.25) is 0 Å². The van der Waals surface area contributed by atoms with E-state index in [4.69, 9.17) is 9.47 Å². The molecule has 0 bridgehead atoms. The highest BCUT2D eigenvalue weighted by molar-refractivity contribution is 5.79. The molecule has 0 aromatic carbocycles. The zero-order valence-electron chi connectivity index (χ0n) is 16.3. The molecule has 1 aromatic rings. The quantitative estimate of drug-likeness (QED) is 0.474. The normalized spacial score (nSPS) is 13.0. The summed E-state index contributed by atoms with van der Waals surface area (Å²) in [4.78, 5) is 8.82. The number of nitrogens with zero attached hydrogens (tertiary/aromatic N) is 2. The van der Waals surface area contributed by atoms with Crippen molar-refractivity contribution < 1.29 is 9.47 Å². The molecule has 1 heterocycles. The molecule has 0 saturated heterocycles. The number of hydrogen-bond acceptors (Lipinski definition) is 4. The minimum Gasteiger partial charge on any atom is -0.478 e. The van der Waals surface area contributed by atoms with Gasteiger partial charge in [-0.1, -0.05) is 13.8 Å². The molecule has 0 spiro atoms. The van der Waals surface area contributed by atoms with Crippen molar-refractivity contribution in [3.05, 3.63) is 23.9 Å². The predicted octanol–water partition coefficient (Wildman–Crippen LogP) is 2.99. The largest absolute Gasteiger partial charge is 0.478 e. The van der Waals surface area contributed by atoms with Crippen LogP contribution >= 0.6 is 0 Å². The van der Waals surface area contributed by atoms with Crippen molar-refractivity contribution in [2.24, 2.45) is 10.9 Å². The summed E-state index contributed by atoms with van der Waals surface area (Å²) in [6.45, 7) is 14.0. The van der Waals surface area contributed by atoms with Gasteiger partial charge in [-0.3, -0.25) is 0 Å². The van der Waals surface area contributed by atoms with Gasteiger partial charge >= 0.3 is 0 Å². The number of rotatable bonds is 11. The summed E-state index contributed by atoms with van der Waals surface area (Å²) >= 11 is 0. The van der Waals surface area contributed by atoms with Gasteiger partial charge in [0.15, 0.2) is 5.96 Å². The second-order valence-electron chi connectivity index (χ2n) is 6.08. The van der Waals surface area contributed by atoms with Crippen molar-refractivity contribution in [3.8, 4) is 5.88 Å². The number of pyridine rings is 1. The van der Waals surface area contributed by atoms with Crippen molar-refractivity contribution in [3.63, 3.8) is 0 Å². The van der Waals surface area contributed by atoms with Gasteiger partial charge in [-0.25, -0.2) is 9.98 Å². The highest BCUT2D eigenvalue weighted by Crippen LogP contribution is 2.11. The molecule has 0 fully saturated rings. The molecule has 1 atom stereocenters. The first-order chi connectivity index (χ1) is 12.1. The fourth-order valence-electron chi connectivity index (χ4n) is 2.44. The lowest BCUT2D eigenvalue weighted by Crippen LogP contribution is -2.39. The Kier molecular flexibility index (Phi) is 10.6. The van der Waals surface area contributed by atoms with Gasteiger partial charge in [-0.05, 0) is 44.7 Å². The van der Waals surface area contributed by atoms with Crippen LogP contribution in [0.15, 0.2) is 23.3 Å². The Balaban J connectivity index is 2.57. The van der Waals surface area contributed by atoms with Gasteiger partial charge < -0.3 is 20.1 Å². The van der Waals surface area contributed by atoms with Crippen LogP contribution in [-0.2, 0) is 11.3 Å². The number of aromatic nitrogens is 1. The number of nitrogens with one attached hydrogen (secondary N) is 2. The second-order valence-corrected chi connectivity index (χ2v) is 6.08. The predicted molar refractivity (Wildman–Crippen MR) is 103 cm³/mol. The molecule has 0 radical (unpaired) electrons. The van der Waals surface area contributed by atoms with Gasteiger partial charge in [-0.15, -0.1) is 0 Å². The summed E-state index contributed by atoms with van der Waals surface area (Å²) in [6.07, 6.45) is 2.99. The zero-order chi connectivity index (χ0) is 18.5. The zero-order valence-corrected chi connectivity index (χ0v) is 16.3. The lowest BCUT2D eigenvalue weighted by molar-refractivity contribution is 0.0258. The minimum atomic E-state index is 0.273. The van der Waals surface area contributed by atoms with Gasteiger partial charge in [0.25, 0.3) is 0 Å². The van der Waals surface area contributed by atoms with E-state index in [-0.39, 0.29) is 6.10 Å². The van der Waals surface area contributed by atoms with Crippen molar-refractivity contribution in [2.75, 3.05) is 26.3 Å². The van der Waals surface area contributed by atoms with Crippen LogP contribution in [0.4, 0.5) is 0 Å². The number of ether oxygens (including phenoxy) is 2. The molecule has 1 rings (SSSR count). The molecule has 6 nitrogen and oxygen atoms in total. The molecule has 142 valence electrons. The Hall–Kier alpha value is -1.82. The molecule has 0 aliphatic heterocycles. The average molecular weight is 351 g/mol. The van der Waals surface area contributed by atoms with Crippen LogP contribution in [0, 0.1) is 5.92 Å². The molecule has 0 amide bonds. The molecule has 0 aliphatic carbocycles. The van der Waals surface area contributed by atoms with Crippen LogP contribution in [0.3, 0.4) is 0 Å². The molecule has 6 heteroatoms. The van der Waals surface area contributed by atoms with E-state index in [1.165, 1.54) is 0 Å². The van der Waals surface area contributed by atoms with Crippen molar-refractivity contribution in [2.45, 2.75) is 53.7 Å². The van der Waals surface area contributed by atoms with Crippen LogP contribution in [-0.4, -0.2) is 43.4 Å². The Morgan fingerprint density at radius 1 is 1.20 bits per heavy atom. The lowest BCUT2D eigenvalue weighted by atomic mass is 10.0. The maximum atomic E-state index is 5.79. The molecular weight excluding hydrogens is 316 g/mol. The number of guanidine groups is 1. The lowest BCUT2D eigenvalue weighted by Gasteiger charge is -2.21. The van der Waals surface area contributed by atoms with E-state index >= 15 is 0 Å². The van der Waals surface area contributed by atoms with Crippen LogP contribution in [0.5, 0.6) is 5.88 Å². The third kappa shape index (κ3) is 8.72. The van der Waals surface area contributed by atoms with Gasteiger partial charge in [0.05, 0.1) is 19.3 Å². The first kappa shape index (κ1) is 21.2. The Labute approximate surface area is 152 Å². The first-order valence-corrected chi connectivity index (χ1v) is 9.32. The Morgan fingerprint density at radius 2 is 2.00 bits per heavy atom. The third-order valence-corrected chi connectivity index (χ3v) is 3.70. The highest BCUT2D eigenvalue weighted by atomic mass is 16.5. The van der Waals surface area contributed by atoms with E-state index in [9.17, 15) is 0 Å². The van der Waals surface area contributed by atoms with E-state index in [1.54, 1.807) is 6.20 Å². The fraction of sp³-hybridized carbons (Fsp3) is 0.684. The Bertz CT molecular complexity index is 506. The molecule has 25 heavy (non-hydrogen) atoms. The topological polar surface area (TPSA) is 67.8 Å². The summed E-state index contributed by atoms with van der Waals surface area (Å²) in [5.41, 5.74) is 1.07. The summed E-state index contributed by atoms with van der Waals surface area (Å²) in [5.74, 6) is 1.97. The standard InChI is InChI=1S/C19H34N4O2/c1-6-20-19(22-12-10-17(15(4)5)24-7-2)23-14-16-9-11-21-18(13-16)25-8-3/h9,11,13,15,17H,6-8,10,12,14H2,1-5H3,(H2,20,22,23). The van der Waals surface area contributed by atoms with Gasteiger partial charge in [0, 0.05) is 32.0 Å². The van der Waals surface area contributed by atoms with Gasteiger partial charge in [-0.2, -0.15) is 0 Å². The SMILES string of the molecule is CCNC(=NCc1ccnc(OCC)c1)NCCC(OCC)C(C)C. The molecule has 0 aliphatic rings. The average Bonchev–Trinajstić information content (AvgIpc) is 2.59. The van der Waals surface area contributed by atoms with Crippen molar-refractivity contribution in [1.29, 1.82) is 0 Å². The van der Waals surface area contributed by atoms with Crippen LogP contribution in [0.1, 0.15) is 46.6 Å². The summed E-state index contributed by atoms with van der Waals surface area (Å²) in [7, 11) is 0. The van der Waals surface area contributed by atoms with Gasteiger partial charge in [0.2, 0.25) is 5.88 Å². The maximum absolute atomic E-state index is 5.79. The van der Waals surface area contributed by atoms with Gasteiger partial charge in [0.1, 0.15) is 0 Å². The molecule has 1 unspecified atom stereocenters. The third-order valence-electron chi connectivity index (χ3n) is 3.70. The van der Waals surface area contributed by atoms with Crippen molar-refractivity contribution >= 4 is 5.96 Å². The molecule has 1 aromatic heterocycles. The maximum Gasteiger partial charge on any atom is 0.213 e. The van der Waals surface area contributed by atoms with E-state index in [0.29, 0.717) is 24.9 Å². The van der Waals surface area contributed by atoms with Crippen LogP contribution < -0.4 is 15.4 Å². The monoisotopic (exact) mass is 350 g/mol. The molecular formula is C19H34N4O2.